The molecule has 0 N–H and O–H groups in total. The second-order valence-corrected chi connectivity index (χ2v) is 3.64. The maximum Gasteiger partial charge on any atom is 0.153 e. The molecule has 0 spiro atoms. The third-order valence-corrected chi connectivity index (χ3v) is 2.66. The van der Waals surface area contributed by atoms with E-state index in [1.807, 2.05) is 12.3 Å². The minimum absolute atomic E-state index is 0.599. The first kappa shape index (κ1) is 9.08. The Morgan fingerprint density at radius 2 is 2.50 bits per heavy atom. The van der Waals surface area contributed by atoms with E-state index in [2.05, 4.69) is 10.1 Å². The first-order valence-corrected chi connectivity index (χ1v) is 5.15. The largest absolute Gasteiger partial charge is 0.298 e. The highest BCUT2D eigenvalue weighted by Gasteiger charge is 2.11. The van der Waals surface area contributed by atoms with Gasteiger partial charge < -0.3 is 0 Å². The molecule has 72 valence electrons. The zero-order valence-electron chi connectivity index (χ0n) is 7.67. The van der Waals surface area contributed by atoms with Gasteiger partial charge in [-0.2, -0.15) is 5.10 Å². The molecule has 0 fully saturated rings. The van der Waals surface area contributed by atoms with Crippen LogP contribution in [0.5, 0.6) is 0 Å². The Labute approximate surface area is 85.2 Å². The molecule has 5 heteroatoms. The summed E-state index contributed by atoms with van der Waals surface area (Å²) in [5.41, 5.74) is 1.28. The molecule has 2 heterocycles. The molecule has 0 amide bonds. The highest BCUT2D eigenvalue weighted by atomic mass is 32.1. The van der Waals surface area contributed by atoms with E-state index in [9.17, 15) is 4.79 Å². The number of rotatable bonds is 3. The van der Waals surface area contributed by atoms with E-state index in [0.717, 1.165) is 17.8 Å². The zero-order chi connectivity index (χ0) is 9.97. The molecular formula is C9H9N3OS. The smallest absolute Gasteiger partial charge is 0.153 e. The molecular weight excluding hydrogens is 198 g/mol. The molecule has 0 atom stereocenters. The highest BCUT2D eigenvalue weighted by molar-refractivity contribution is 7.13. The Morgan fingerprint density at radius 1 is 1.64 bits per heavy atom. The van der Waals surface area contributed by atoms with Gasteiger partial charge in [0.05, 0.1) is 5.56 Å². The van der Waals surface area contributed by atoms with Gasteiger partial charge in [0.1, 0.15) is 10.7 Å². The van der Waals surface area contributed by atoms with Crippen LogP contribution in [-0.2, 0) is 6.54 Å². The van der Waals surface area contributed by atoms with Gasteiger partial charge in [0.2, 0.25) is 0 Å². The predicted molar refractivity (Wildman–Crippen MR) is 54.4 cm³/mol. The Kier molecular flexibility index (Phi) is 2.41. The lowest BCUT2D eigenvalue weighted by molar-refractivity contribution is 0.112. The summed E-state index contributed by atoms with van der Waals surface area (Å²) in [4.78, 5) is 14.9. The topological polar surface area (TPSA) is 47.8 Å². The number of carbonyl (C=O) groups excluding carboxylic acids is 1. The van der Waals surface area contributed by atoms with Crippen molar-refractivity contribution in [1.82, 2.24) is 14.8 Å². The lowest BCUT2D eigenvalue weighted by atomic mass is 10.3. The fourth-order valence-corrected chi connectivity index (χ4v) is 1.83. The Hall–Kier alpha value is -1.49. The average Bonchev–Trinajstić information content (AvgIpc) is 2.85. The second-order valence-electron chi connectivity index (χ2n) is 2.74. The normalized spacial score (nSPS) is 10.4. The molecule has 4 nitrogen and oxygen atoms in total. The van der Waals surface area contributed by atoms with Crippen molar-refractivity contribution in [3.8, 4) is 10.7 Å². The van der Waals surface area contributed by atoms with Crippen molar-refractivity contribution in [2.45, 2.75) is 13.5 Å². The van der Waals surface area contributed by atoms with Gasteiger partial charge in [-0.1, -0.05) is 0 Å². The van der Waals surface area contributed by atoms with Crippen molar-refractivity contribution < 1.29 is 4.79 Å². The van der Waals surface area contributed by atoms with Crippen molar-refractivity contribution >= 4 is 17.6 Å². The molecule has 2 rings (SSSR count). The molecule has 0 aliphatic rings. The molecule has 0 saturated heterocycles. The predicted octanol–water partition coefficient (Wildman–Crippen LogP) is 1.84. The Bertz CT molecular complexity index is 433. The summed E-state index contributed by atoms with van der Waals surface area (Å²) in [6.45, 7) is 2.74. The van der Waals surface area contributed by atoms with Crippen molar-refractivity contribution in [2.75, 3.05) is 0 Å². The lowest BCUT2D eigenvalue weighted by Gasteiger charge is -1.91. The number of hydrogen-bond acceptors (Lipinski definition) is 4. The van der Waals surface area contributed by atoms with Gasteiger partial charge in [-0.15, -0.1) is 11.3 Å². The van der Waals surface area contributed by atoms with Gasteiger partial charge in [0, 0.05) is 24.3 Å². The molecule has 2 aromatic heterocycles. The van der Waals surface area contributed by atoms with Crippen LogP contribution in [0.15, 0.2) is 17.8 Å². The van der Waals surface area contributed by atoms with Crippen molar-refractivity contribution in [3.05, 3.63) is 23.3 Å². The third-order valence-electron chi connectivity index (χ3n) is 1.88. The SMILES string of the molecule is CCn1cc(C=O)c(-c2nccs2)n1. The number of aryl methyl sites for hydroxylation is 1. The van der Waals surface area contributed by atoms with E-state index in [-0.39, 0.29) is 0 Å². The fourth-order valence-electron chi connectivity index (χ4n) is 1.19. The standard InChI is InChI=1S/C9H9N3OS/c1-2-12-5-7(6-13)8(11-12)9-10-3-4-14-9/h3-6H,2H2,1H3. The summed E-state index contributed by atoms with van der Waals surface area (Å²) in [7, 11) is 0. The van der Waals surface area contributed by atoms with Gasteiger partial charge in [-0.3, -0.25) is 9.48 Å². The second kappa shape index (κ2) is 3.71. The van der Waals surface area contributed by atoms with Crippen LogP contribution >= 0.6 is 11.3 Å². The summed E-state index contributed by atoms with van der Waals surface area (Å²) < 4.78 is 1.74. The van der Waals surface area contributed by atoms with Crippen molar-refractivity contribution in [3.63, 3.8) is 0 Å². The van der Waals surface area contributed by atoms with Crippen LogP contribution in [0.1, 0.15) is 17.3 Å². The van der Waals surface area contributed by atoms with Crippen LogP contribution in [0.2, 0.25) is 0 Å². The van der Waals surface area contributed by atoms with Crippen LogP contribution in [0.4, 0.5) is 0 Å². The van der Waals surface area contributed by atoms with E-state index in [1.54, 1.807) is 17.1 Å². The van der Waals surface area contributed by atoms with Gasteiger partial charge in [0.25, 0.3) is 0 Å². The molecule has 0 aliphatic carbocycles. The molecule has 0 radical (unpaired) electrons. The van der Waals surface area contributed by atoms with Gasteiger partial charge in [0.15, 0.2) is 6.29 Å². The van der Waals surface area contributed by atoms with E-state index >= 15 is 0 Å². The quantitative estimate of drug-likeness (QED) is 0.721. The number of nitrogens with zero attached hydrogens (tertiary/aromatic N) is 3. The molecule has 0 saturated carbocycles. The summed E-state index contributed by atoms with van der Waals surface area (Å²) >= 11 is 1.48. The summed E-state index contributed by atoms with van der Waals surface area (Å²) in [5, 5.41) is 6.94. The Balaban J connectivity index is 2.51. The first-order chi connectivity index (χ1) is 6.85. The summed E-state index contributed by atoms with van der Waals surface area (Å²) in [5.74, 6) is 0. The number of aromatic nitrogens is 3. The fraction of sp³-hybridized carbons (Fsp3) is 0.222. The minimum atomic E-state index is 0.599. The van der Waals surface area contributed by atoms with Crippen molar-refractivity contribution in [1.29, 1.82) is 0 Å². The average molecular weight is 207 g/mol. The maximum atomic E-state index is 10.8. The van der Waals surface area contributed by atoms with Gasteiger partial charge >= 0.3 is 0 Å². The Morgan fingerprint density at radius 3 is 3.07 bits per heavy atom. The highest BCUT2D eigenvalue weighted by Crippen LogP contribution is 2.22. The van der Waals surface area contributed by atoms with Crippen molar-refractivity contribution in [2.24, 2.45) is 0 Å². The number of hydrogen-bond donors (Lipinski definition) is 0. The molecule has 0 bridgehead atoms. The van der Waals surface area contributed by atoms with Crippen LogP contribution in [0.25, 0.3) is 10.7 Å². The van der Waals surface area contributed by atoms with E-state index in [1.165, 1.54) is 11.3 Å². The zero-order valence-corrected chi connectivity index (χ0v) is 8.49. The minimum Gasteiger partial charge on any atom is -0.298 e. The monoisotopic (exact) mass is 207 g/mol. The van der Waals surface area contributed by atoms with E-state index < -0.39 is 0 Å². The third kappa shape index (κ3) is 1.46. The number of aldehydes is 1. The number of carbonyl (C=O) groups is 1. The summed E-state index contributed by atoms with van der Waals surface area (Å²) in [6, 6.07) is 0. The van der Waals surface area contributed by atoms with E-state index in [4.69, 9.17) is 0 Å². The molecule has 0 unspecified atom stereocenters. The van der Waals surface area contributed by atoms with Crippen LogP contribution in [0, 0.1) is 0 Å². The van der Waals surface area contributed by atoms with Gasteiger partial charge in [-0.25, -0.2) is 4.98 Å². The van der Waals surface area contributed by atoms with E-state index in [0.29, 0.717) is 11.3 Å². The molecule has 14 heavy (non-hydrogen) atoms. The first-order valence-electron chi connectivity index (χ1n) is 4.27. The lowest BCUT2D eigenvalue weighted by Crippen LogP contribution is -1.93. The molecule has 0 aromatic carbocycles. The summed E-state index contributed by atoms with van der Waals surface area (Å²) in [6.07, 6.45) is 4.26. The number of thiazole rings is 1. The van der Waals surface area contributed by atoms with Crippen LogP contribution in [-0.4, -0.2) is 21.1 Å². The maximum absolute atomic E-state index is 10.8. The van der Waals surface area contributed by atoms with Gasteiger partial charge in [-0.05, 0) is 6.92 Å². The van der Waals surface area contributed by atoms with Crippen LogP contribution < -0.4 is 0 Å². The molecule has 0 aliphatic heterocycles. The van der Waals surface area contributed by atoms with Crippen LogP contribution in [0.3, 0.4) is 0 Å². The molecule has 2 aromatic rings.